The number of likely N-dealkylation sites (tertiary alicyclic amines) is 1. The summed E-state index contributed by atoms with van der Waals surface area (Å²) in [6.45, 7) is 12.7. The summed E-state index contributed by atoms with van der Waals surface area (Å²) < 4.78 is 0. The van der Waals surface area contributed by atoms with Crippen LogP contribution in [-0.2, 0) is 16.1 Å². The van der Waals surface area contributed by atoms with Gasteiger partial charge in [-0.2, -0.15) is 0 Å². The van der Waals surface area contributed by atoms with E-state index in [2.05, 4.69) is 42.4 Å². The van der Waals surface area contributed by atoms with Crippen LogP contribution in [0.1, 0.15) is 49.7 Å². The van der Waals surface area contributed by atoms with Crippen LogP contribution in [-0.4, -0.2) is 52.8 Å². The summed E-state index contributed by atoms with van der Waals surface area (Å²) in [4.78, 5) is 30.4. The average molecular weight is 410 g/mol. The van der Waals surface area contributed by atoms with Crippen molar-refractivity contribution in [2.45, 2.75) is 63.6 Å². The summed E-state index contributed by atoms with van der Waals surface area (Å²) in [6.07, 6.45) is 8.62. The molecular formula is C25H35N3O2. The molecular weight excluding hydrogens is 374 g/mol. The molecule has 0 unspecified atom stereocenters. The minimum absolute atomic E-state index is 0.0433. The lowest BCUT2D eigenvalue weighted by molar-refractivity contribution is -0.145. The van der Waals surface area contributed by atoms with Crippen molar-refractivity contribution in [2.24, 2.45) is 0 Å². The Hall–Kier alpha value is -2.40. The van der Waals surface area contributed by atoms with Crippen LogP contribution in [0.2, 0.25) is 0 Å². The lowest BCUT2D eigenvalue weighted by atomic mass is 9.80. The summed E-state index contributed by atoms with van der Waals surface area (Å²) in [6, 6.07) is 7.81. The van der Waals surface area contributed by atoms with Gasteiger partial charge in [0.25, 0.3) is 0 Å². The standard InChI is InChI=1S/C25H35N3O2/c1-4-12-25(13-5-2)14-8-9-16-28(25)23(29)18-22-24(30)26-15-17-27(22)19-21-11-7-6-10-20(21)3/h4-7,10-11,22H,1-2,8-9,12-19H2,3H3,(H,26,30)/t22-/m0/s1. The van der Waals surface area contributed by atoms with Crippen molar-refractivity contribution >= 4 is 11.8 Å². The predicted octanol–water partition coefficient (Wildman–Crippen LogP) is 3.59. The third kappa shape index (κ3) is 4.84. The Morgan fingerprint density at radius 2 is 1.93 bits per heavy atom. The first kappa shape index (κ1) is 22.3. The van der Waals surface area contributed by atoms with Gasteiger partial charge in [0, 0.05) is 31.7 Å². The van der Waals surface area contributed by atoms with Gasteiger partial charge in [0.2, 0.25) is 11.8 Å². The Morgan fingerprint density at radius 1 is 1.20 bits per heavy atom. The Labute approximate surface area is 180 Å². The molecule has 0 aliphatic carbocycles. The Balaban J connectivity index is 1.79. The predicted molar refractivity (Wildman–Crippen MR) is 121 cm³/mol. The van der Waals surface area contributed by atoms with Gasteiger partial charge in [-0.1, -0.05) is 36.4 Å². The highest BCUT2D eigenvalue weighted by molar-refractivity contribution is 5.89. The number of piperidine rings is 1. The first-order chi connectivity index (χ1) is 14.5. The van der Waals surface area contributed by atoms with Gasteiger partial charge in [-0.3, -0.25) is 14.5 Å². The first-order valence-electron chi connectivity index (χ1n) is 11.1. The van der Waals surface area contributed by atoms with E-state index in [1.54, 1.807) is 0 Å². The summed E-state index contributed by atoms with van der Waals surface area (Å²) in [5.74, 6) is 0.0217. The third-order valence-corrected chi connectivity index (χ3v) is 6.64. The molecule has 2 aliphatic rings. The molecule has 1 atom stereocenters. The normalized spacial score (nSPS) is 21.7. The molecule has 0 aromatic heterocycles. The van der Waals surface area contributed by atoms with Crippen LogP contribution in [0, 0.1) is 6.92 Å². The minimum atomic E-state index is -0.432. The third-order valence-electron chi connectivity index (χ3n) is 6.64. The topological polar surface area (TPSA) is 52.7 Å². The smallest absolute Gasteiger partial charge is 0.237 e. The van der Waals surface area contributed by atoms with Crippen LogP contribution in [0.5, 0.6) is 0 Å². The second-order valence-electron chi connectivity index (χ2n) is 8.62. The van der Waals surface area contributed by atoms with E-state index < -0.39 is 6.04 Å². The van der Waals surface area contributed by atoms with E-state index in [1.807, 2.05) is 29.2 Å². The lowest BCUT2D eigenvalue weighted by Gasteiger charge is -2.48. The second kappa shape index (κ2) is 10.1. The summed E-state index contributed by atoms with van der Waals surface area (Å²) in [5.41, 5.74) is 2.17. The van der Waals surface area contributed by atoms with E-state index >= 15 is 0 Å². The number of aryl methyl sites for hydroxylation is 1. The van der Waals surface area contributed by atoms with Crippen molar-refractivity contribution < 1.29 is 9.59 Å². The van der Waals surface area contributed by atoms with E-state index in [-0.39, 0.29) is 23.8 Å². The zero-order chi connectivity index (χ0) is 21.6. The Morgan fingerprint density at radius 3 is 2.63 bits per heavy atom. The molecule has 3 rings (SSSR count). The molecule has 5 heteroatoms. The average Bonchev–Trinajstić information content (AvgIpc) is 2.73. The van der Waals surface area contributed by atoms with Crippen molar-refractivity contribution in [2.75, 3.05) is 19.6 Å². The number of benzene rings is 1. The fourth-order valence-electron chi connectivity index (χ4n) is 4.99. The molecule has 2 heterocycles. The number of hydrogen-bond donors (Lipinski definition) is 1. The van der Waals surface area contributed by atoms with Crippen molar-refractivity contribution in [3.8, 4) is 0 Å². The van der Waals surface area contributed by atoms with Gasteiger partial charge in [0.05, 0.1) is 12.5 Å². The quantitative estimate of drug-likeness (QED) is 0.668. The number of nitrogens with zero attached hydrogens (tertiary/aromatic N) is 2. The molecule has 162 valence electrons. The summed E-state index contributed by atoms with van der Waals surface area (Å²) >= 11 is 0. The van der Waals surface area contributed by atoms with Gasteiger partial charge < -0.3 is 10.2 Å². The van der Waals surface area contributed by atoms with Crippen LogP contribution in [0.25, 0.3) is 0 Å². The zero-order valence-corrected chi connectivity index (χ0v) is 18.2. The maximum atomic E-state index is 13.5. The molecule has 5 nitrogen and oxygen atoms in total. The molecule has 2 amide bonds. The highest BCUT2D eigenvalue weighted by Crippen LogP contribution is 2.36. The van der Waals surface area contributed by atoms with Crippen molar-refractivity contribution in [1.29, 1.82) is 0 Å². The highest BCUT2D eigenvalue weighted by atomic mass is 16.2. The number of carbonyl (C=O) groups is 2. The molecule has 1 N–H and O–H groups in total. The fraction of sp³-hybridized carbons (Fsp3) is 0.520. The largest absolute Gasteiger partial charge is 0.353 e. The Bertz CT molecular complexity index is 778. The first-order valence-corrected chi connectivity index (χ1v) is 11.1. The summed E-state index contributed by atoms with van der Waals surface area (Å²) in [7, 11) is 0. The van der Waals surface area contributed by atoms with E-state index in [4.69, 9.17) is 0 Å². The van der Waals surface area contributed by atoms with Gasteiger partial charge in [0.15, 0.2) is 0 Å². The fourth-order valence-corrected chi connectivity index (χ4v) is 4.99. The van der Waals surface area contributed by atoms with Crippen LogP contribution in [0.15, 0.2) is 49.6 Å². The van der Waals surface area contributed by atoms with Gasteiger partial charge in [-0.25, -0.2) is 0 Å². The molecule has 0 saturated carbocycles. The van der Waals surface area contributed by atoms with E-state index in [1.165, 1.54) is 11.1 Å². The summed E-state index contributed by atoms with van der Waals surface area (Å²) in [5, 5.41) is 2.96. The Kier molecular flexibility index (Phi) is 7.48. The maximum absolute atomic E-state index is 13.5. The van der Waals surface area contributed by atoms with Crippen molar-refractivity contribution in [3.05, 3.63) is 60.7 Å². The van der Waals surface area contributed by atoms with Gasteiger partial charge in [-0.15, -0.1) is 13.2 Å². The molecule has 30 heavy (non-hydrogen) atoms. The second-order valence-corrected chi connectivity index (χ2v) is 8.62. The monoisotopic (exact) mass is 409 g/mol. The van der Waals surface area contributed by atoms with Crippen LogP contribution in [0.3, 0.4) is 0 Å². The molecule has 1 aromatic rings. The van der Waals surface area contributed by atoms with Gasteiger partial charge in [-0.05, 0) is 50.2 Å². The zero-order valence-electron chi connectivity index (χ0n) is 18.2. The number of rotatable bonds is 8. The number of carbonyl (C=O) groups excluding carboxylic acids is 2. The van der Waals surface area contributed by atoms with Gasteiger partial charge >= 0.3 is 0 Å². The molecule has 0 spiro atoms. The molecule has 1 aromatic carbocycles. The van der Waals surface area contributed by atoms with Crippen LogP contribution < -0.4 is 5.32 Å². The molecule has 0 radical (unpaired) electrons. The van der Waals surface area contributed by atoms with Crippen LogP contribution in [0.4, 0.5) is 0 Å². The van der Waals surface area contributed by atoms with Crippen molar-refractivity contribution in [1.82, 2.24) is 15.1 Å². The number of piperazine rings is 1. The molecule has 0 bridgehead atoms. The number of nitrogens with one attached hydrogen (secondary N) is 1. The minimum Gasteiger partial charge on any atom is -0.353 e. The molecule has 2 fully saturated rings. The van der Waals surface area contributed by atoms with E-state index in [0.29, 0.717) is 13.1 Å². The molecule has 2 aliphatic heterocycles. The van der Waals surface area contributed by atoms with Crippen LogP contribution >= 0.6 is 0 Å². The SMILES string of the molecule is C=CCC1(CC=C)CCCCN1C(=O)C[C@H]1C(=O)NCCN1Cc1ccccc1C. The highest BCUT2D eigenvalue weighted by Gasteiger charge is 2.41. The van der Waals surface area contributed by atoms with Crippen molar-refractivity contribution in [3.63, 3.8) is 0 Å². The van der Waals surface area contributed by atoms with E-state index in [9.17, 15) is 9.59 Å². The van der Waals surface area contributed by atoms with Gasteiger partial charge in [0.1, 0.15) is 0 Å². The molecule has 2 saturated heterocycles. The maximum Gasteiger partial charge on any atom is 0.237 e. The number of hydrogen-bond acceptors (Lipinski definition) is 3. The lowest BCUT2D eigenvalue weighted by Crippen LogP contribution is -2.59. The van der Waals surface area contributed by atoms with E-state index in [0.717, 1.165) is 45.2 Å². The number of amides is 2.